The second-order valence-corrected chi connectivity index (χ2v) is 8.22. The van der Waals surface area contributed by atoms with Crippen LogP contribution in [0.3, 0.4) is 0 Å². The summed E-state index contributed by atoms with van der Waals surface area (Å²) in [5.41, 5.74) is 8.81. The molecule has 0 fully saturated rings. The van der Waals surface area contributed by atoms with Gasteiger partial charge in [-0.1, -0.05) is 12.1 Å². The Hall–Kier alpha value is -4.37. The van der Waals surface area contributed by atoms with Crippen molar-refractivity contribution in [1.82, 2.24) is 4.98 Å². The number of aromatic nitrogens is 1. The molecule has 4 N–H and O–H groups in total. The van der Waals surface area contributed by atoms with Crippen molar-refractivity contribution in [2.75, 3.05) is 29.6 Å². The maximum Gasteiger partial charge on any atom is 0.258 e. The summed E-state index contributed by atoms with van der Waals surface area (Å²) in [6.45, 7) is -0.212. The van der Waals surface area contributed by atoms with Gasteiger partial charge in [0.15, 0.2) is 5.13 Å². The molecule has 0 aliphatic rings. The highest BCUT2D eigenvalue weighted by molar-refractivity contribution is 7.13. The van der Waals surface area contributed by atoms with Gasteiger partial charge in [0.05, 0.1) is 12.8 Å². The van der Waals surface area contributed by atoms with Crippen LogP contribution in [-0.2, 0) is 4.79 Å². The van der Waals surface area contributed by atoms with Gasteiger partial charge in [0.25, 0.3) is 5.91 Å². The monoisotopic (exact) mass is 474 g/mol. The molecular weight excluding hydrogens is 452 g/mol. The molecule has 34 heavy (non-hydrogen) atoms. The van der Waals surface area contributed by atoms with E-state index < -0.39 is 0 Å². The Bertz CT molecular complexity index is 1290. The number of rotatable bonds is 7. The number of aromatic hydroxyl groups is 1. The van der Waals surface area contributed by atoms with Gasteiger partial charge in [0, 0.05) is 27.9 Å². The molecule has 0 bridgehead atoms. The minimum atomic E-state index is -0.378. The zero-order valence-electron chi connectivity index (χ0n) is 18.3. The number of carbonyl (C=O) groups excluding carboxylic acids is 2. The average molecular weight is 475 g/mol. The Labute approximate surface area is 200 Å². The van der Waals surface area contributed by atoms with Gasteiger partial charge in [-0.3, -0.25) is 14.5 Å². The minimum absolute atomic E-state index is 0.0501. The van der Waals surface area contributed by atoms with Gasteiger partial charge in [-0.2, -0.15) is 0 Å². The van der Waals surface area contributed by atoms with Crippen LogP contribution in [-0.4, -0.2) is 35.6 Å². The van der Waals surface area contributed by atoms with E-state index in [-0.39, 0.29) is 24.1 Å². The number of phenolic OH excluding ortho intramolecular Hbond substituents is 1. The van der Waals surface area contributed by atoms with Crippen molar-refractivity contribution in [2.24, 2.45) is 0 Å². The summed E-state index contributed by atoms with van der Waals surface area (Å²) < 4.78 is 5.19. The van der Waals surface area contributed by atoms with E-state index in [0.717, 1.165) is 11.3 Å². The fourth-order valence-corrected chi connectivity index (χ4v) is 3.86. The summed E-state index contributed by atoms with van der Waals surface area (Å²) in [6, 6.07) is 19.9. The van der Waals surface area contributed by atoms with Crippen LogP contribution in [0.15, 0.2) is 78.2 Å². The Morgan fingerprint density at radius 2 is 1.71 bits per heavy atom. The third-order valence-corrected chi connectivity index (χ3v) is 5.71. The lowest BCUT2D eigenvalue weighted by atomic mass is 10.1. The molecule has 3 aromatic carbocycles. The number of methoxy groups -OCH3 is 1. The molecule has 4 aromatic rings. The van der Waals surface area contributed by atoms with Crippen molar-refractivity contribution in [3.63, 3.8) is 0 Å². The van der Waals surface area contributed by atoms with Crippen molar-refractivity contribution in [2.45, 2.75) is 0 Å². The smallest absolute Gasteiger partial charge is 0.258 e. The van der Waals surface area contributed by atoms with Crippen molar-refractivity contribution in [3.05, 3.63) is 83.7 Å². The number of nitrogen functional groups attached to an aromatic ring is 1. The van der Waals surface area contributed by atoms with Gasteiger partial charge in [0.1, 0.15) is 18.0 Å². The molecule has 8 nitrogen and oxygen atoms in total. The van der Waals surface area contributed by atoms with E-state index >= 15 is 0 Å². The van der Waals surface area contributed by atoms with Crippen molar-refractivity contribution >= 4 is 39.7 Å². The number of phenols is 1. The van der Waals surface area contributed by atoms with Crippen LogP contribution in [0.4, 0.5) is 16.5 Å². The number of nitrogens with zero attached hydrogens (tertiary/aromatic N) is 2. The van der Waals surface area contributed by atoms with E-state index in [2.05, 4.69) is 10.3 Å². The molecule has 1 aromatic heterocycles. The van der Waals surface area contributed by atoms with Gasteiger partial charge in [-0.05, 0) is 60.7 Å². The predicted molar refractivity (Wildman–Crippen MR) is 133 cm³/mol. The summed E-state index contributed by atoms with van der Waals surface area (Å²) >= 11 is 1.36. The SMILES string of the molecule is COc1ccc(N(CC(=O)Nc2ccc(-c3csc(N)n3)cc2)C(=O)c2ccc(O)cc2)cc1. The number of hydrogen-bond donors (Lipinski definition) is 3. The van der Waals surface area contributed by atoms with E-state index in [1.165, 1.54) is 40.5 Å². The summed E-state index contributed by atoms with van der Waals surface area (Å²) in [6.07, 6.45) is 0. The van der Waals surface area contributed by atoms with Crippen LogP contribution in [0.25, 0.3) is 11.3 Å². The Morgan fingerprint density at radius 1 is 1.03 bits per heavy atom. The lowest BCUT2D eigenvalue weighted by Crippen LogP contribution is -2.38. The van der Waals surface area contributed by atoms with Crippen LogP contribution < -0.4 is 20.7 Å². The van der Waals surface area contributed by atoms with Gasteiger partial charge in [0.2, 0.25) is 5.91 Å². The molecule has 1 heterocycles. The Morgan fingerprint density at radius 3 is 2.29 bits per heavy atom. The number of ether oxygens (including phenoxy) is 1. The minimum Gasteiger partial charge on any atom is -0.508 e. The molecular formula is C25H22N4O4S. The van der Waals surface area contributed by atoms with Crippen LogP contribution in [0.2, 0.25) is 0 Å². The third kappa shape index (κ3) is 5.33. The molecule has 172 valence electrons. The van der Waals surface area contributed by atoms with E-state index in [1.807, 2.05) is 17.5 Å². The van der Waals surface area contributed by atoms with Gasteiger partial charge >= 0.3 is 0 Å². The van der Waals surface area contributed by atoms with E-state index in [1.54, 1.807) is 43.5 Å². The Balaban J connectivity index is 1.52. The molecule has 0 aliphatic heterocycles. The molecule has 0 saturated heterocycles. The highest BCUT2D eigenvalue weighted by Crippen LogP contribution is 2.25. The highest BCUT2D eigenvalue weighted by atomic mass is 32.1. The molecule has 0 radical (unpaired) electrons. The first-order valence-corrected chi connectivity index (χ1v) is 11.2. The van der Waals surface area contributed by atoms with Crippen LogP contribution in [0.5, 0.6) is 11.5 Å². The highest BCUT2D eigenvalue weighted by Gasteiger charge is 2.21. The number of hydrogen-bond acceptors (Lipinski definition) is 7. The molecule has 4 rings (SSSR count). The van der Waals surface area contributed by atoms with Crippen LogP contribution >= 0.6 is 11.3 Å². The standard InChI is InChI=1S/C25H22N4O4S/c1-33-21-12-8-19(9-13-21)29(24(32)17-4-10-20(30)11-5-17)14-23(31)27-18-6-2-16(3-7-18)22-15-34-25(26)28-22/h2-13,15,30H,14H2,1H3,(H2,26,28)(H,27,31). The maximum absolute atomic E-state index is 13.2. The molecule has 0 spiro atoms. The number of thiazole rings is 1. The molecule has 0 atom stereocenters. The van der Waals surface area contributed by atoms with E-state index in [9.17, 15) is 14.7 Å². The lowest BCUT2D eigenvalue weighted by molar-refractivity contribution is -0.114. The predicted octanol–water partition coefficient (Wildman–Crippen LogP) is 4.39. The first kappa shape index (κ1) is 22.8. The second kappa shape index (κ2) is 10.1. The van der Waals surface area contributed by atoms with E-state index in [4.69, 9.17) is 10.5 Å². The van der Waals surface area contributed by atoms with Crippen molar-refractivity contribution < 1.29 is 19.4 Å². The Kier molecular flexibility index (Phi) is 6.74. The zero-order chi connectivity index (χ0) is 24.1. The lowest BCUT2D eigenvalue weighted by Gasteiger charge is -2.23. The van der Waals surface area contributed by atoms with Crippen LogP contribution in [0.1, 0.15) is 10.4 Å². The fourth-order valence-electron chi connectivity index (χ4n) is 3.29. The second-order valence-electron chi connectivity index (χ2n) is 7.33. The van der Waals surface area contributed by atoms with Crippen molar-refractivity contribution in [3.8, 4) is 22.8 Å². The number of benzene rings is 3. The van der Waals surface area contributed by atoms with E-state index in [0.29, 0.717) is 27.8 Å². The normalized spacial score (nSPS) is 10.5. The molecule has 2 amide bonds. The maximum atomic E-state index is 13.2. The quantitative estimate of drug-likeness (QED) is 0.366. The first-order valence-electron chi connectivity index (χ1n) is 10.3. The number of nitrogens with two attached hydrogens (primary N) is 1. The number of carbonyl (C=O) groups is 2. The number of nitrogens with one attached hydrogen (secondary N) is 1. The average Bonchev–Trinajstić information content (AvgIpc) is 3.29. The topological polar surface area (TPSA) is 118 Å². The first-order chi connectivity index (χ1) is 16.4. The third-order valence-electron chi connectivity index (χ3n) is 5.03. The summed E-state index contributed by atoms with van der Waals surface area (Å²) in [7, 11) is 1.55. The number of amides is 2. The molecule has 0 unspecified atom stereocenters. The summed E-state index contributed by atoms with van der Waals surface area (Å²) in [5.74, 6) is -0.0633. The fraction of sp³-hybridized carbons (Fsp3) is 0.0800. The van der Waals surface area contributed by atoms with Gasteiger partial charge < -0.3 is 20.9 Å². The van der Waals surface area contributed by atoms with Gasteiger partial charge in [-0.15, -0.1) is 11.3 Å². The van der Waals surface area contributed by atoms with Gasteiger partial charge in [-0.25, -0.2) is 4.98 Å². The molecule has 0 aliphatic carbocycles. The van der Waals surface area contributed by atoms with Crippen molar-refractivity contribution in [1.29, 1.82) is 0 Å². The molecule has 9 heteroatoms. The van der Waals surface area contributed by atoms with Crippen LogP contribution in [0, 0.1) is 0 Å². The number of anilines is 3. The summed E-state index contributed by atoms with van der Waals surface area (Å²) in [4.78, 5) is 31.7. The molecule has 0 saturated carbocycles. The zero-order valence-corrected chi connectivity index (χ0v) is 19.1. The largest absolute Gasteiger partial charge is 0.508 e. The summed E-state index contributed by atoms with van der Waals surface area (Å²) in [5, 5.41) is 14.7.